The van der Waals surface area contributed by atoms with Crippen molar-refractivity contribution in [1.29, 1.82) is 0 Å². The molecule has 0 atom stereocenters. The van der Waals surface area contributed by atoms with Gasteiger partial charge < -0.3 is 18.9 Å². The fourth-order valence-corrected chi connectivity index (χ4v) is 5.71. The molecule has 0 bridgehead atoms. The van der Waals surface area contributed by atoms with Gasteiger partial charge in [-0.1, -0.05) is 90.9 Å². The zero-order chi connectivity index (χ0) is 32.9. The Bertz CT molecular complexity index is 1160. The first kappa shape index (κ1) is 37.1. The Labute approximate surface area is 276 Å². The second-order valence-electron chi connectivity index (χ2n) is 12.4. The van der Waals surface area contributed by atoms with Gasteiger partial charge in [-0.3, -0.25) is 0 Å². The van der Waals surface area contributed by atoms with E-state index >= 15 is 0 Å². The molecule has 0 unspecified atom stereocenters. The number of nitrogens with zero attached hydrogens (tertiary/aromatic N) is 1. The standard InChI is InChI=1S/C38H56NO7/c1-3-5-7-9-11-12-14-18-30-43-33-24-26-35(27-25-33)45-34-22-20-32(21-23-34)36(40)46-38(42)39(28-16-15-17-29-39)37(41)44-31-19-13-10-8-6-4-2/h20-27H,3-19,28-31H2,1-2H3/q+1. The molecule has 1 heterocycles. The first-order valence-corrected chi connectivity index (χ1v) is 17.8. The van der Waals surface area contributed by atoms with Crippen LogP contribution in [0.25, 0.3) is 0 Å². The third-order valence-corrected chi connectivity index (χ3v) is 8.60. The molecule has 1 saturated heterocycles. The van der Waals surface area contributed by atoms with Gasteiger partial charge in [0.2, 0.25) is 0 Å². The lowest BCUT2D eigenvalue weighted by Gasteiger charge is -2.32. The Kier molecular flexibility index (Phi) is 17.3. The van der Waals surface area contributed by atoms with Crippen molar-refractivity contribution >= 4 is 18.2 Å². The van der Waals surface area contributed by atoms with E-state index in [0.29, 0.717) is 30.9 Å². The number of piperidine rings is 1. The van der Waals surface area contributed by atoms with Gasteiger partial charge in [-0.2, -0.15) is 9.59 Å². The number of benzene rings is 2. The minimum atomic E-state index is -0.873. The molecule has 0 aliphatic carbocycles. The van der Waals surface area contributed by atoms with Crippen LogP contribution in [0.1, 0.15) is 133 Å². The normalized spacial score (nSPS) is 14.0. The number of carbonyl (C=O) groups excluding carboxylic acids is 3. The molecular formula is C38H56NO7+. The summed E-state index contributed by atoms with van der Waals surface area (Å²) >= 11 is 0. The molecule has 2 amide bonds. The fraction of sp³-hybridized carbons (Fsp3) is 0.605. The van der Waals surface area contributed by atoms with Crippen LogP contribution in [0.15, 0.2) is 48.5 Å². The highest BCUT2D eigenvalue weighted by Crippen LogP contribution is 2.26. The molecule has 46 heavy (non-hydrogen) atoms. The van der Waals surface area contributed by atoms with Gasteiger partial charge in [0.25, 0.3) is 0 Å². The van der Waals surface area contributed by atoms with E-state index in [9.17, 15) is 14.4 Å². The minimum Gasteiger partial charge on any atom is -0.494 e. The van der Waals surface area contributed by atoms with Crippen molar-refractivity contribution in [3.63, 3.8) is 0 Å². The summed E-state index contributed by atoms with van der Waals surface area (Å²) in [6.45, 7) is 5.93. The Morgan fingerprint density at radius 2 is 1.04 bits per heavy atom. The molecule has 2 aromatic rings. The third-order valence-electron chi connectivity index (χ3n) is 8.60. The number of likely N-dealkylation sites (tertiary alicyclic amines) is 1. The second kappa shape index (κ2) is 21.4. The molecule has 0 spiro atoms. The van der Waals surface area contributed by atoms with Gasteiger partial charge in [-0.25, -0.2) is 4.79 Å². The molecule has 1 aliphatic rings. The molecule has 0 N–H and O–H groups in total. The van der Waals surface area contributed by atoms with Gasteiger partial charge in [0.05, 0.1) is 31.9 Å². The molecule has 1 fully saturated rings. The zero-order valence-corrected chi connectivity index (χ0v) is 28.3. The van der Waals surface area contributed by atoms with Crippen molar-refractivity contribution in [3.05, 3.63) is 54.1 Å². The summed E-state index contributed by atoms with van der Waals surface area (Å²) in [4.78, 5) is 39.2. The number of unbranched alkanes of at least 4 members (excludes halogenated alkanes) is 12. The van der Waals surface area contributed by atoms with Crippen molar-refractivity contribution in [1.82, 2.24) is 0 Å². The van der Waals surface area contributed by atoms with Crippen molar-refractivity contribution in [3.8, 4) is 17.2 Å². The molecule has 2 aromatic carbocycles. The summed E-state index contributed by atoms with van der Waals surface area (Å²) in [6, 6.07) is 13.8. The number of ether oxygens (including phenoxy) is 4. The number of hydrogen-bond donors (Lipinski definition) is 0. The van der Waals surface area contributed by atoms with Crippen LogP contribution in [0.5, 0.6) is 17.2 Å². The smallest absolute Gasteiger partial charge is 0.494 e. The van der Waals surface area contributed by atoms with E-state index in [1.807, 2.05) is 24.3 Å². The Balaban J connectivity index is 1.43. The number of esters is 1. The van der Waals surface area contributed by atoms with Gasteiger partial charge in [0.1, 0.15) is 17.2 Å². The average Bonchev–Trinajstić information content (AvgIpc) is 3.08. The summed E-state index contributed by atoms with van der Waals surface area (Å²) in [7, 11) is 0. The Morgan fingerprint density at radius 3 is 1.61 bits per heavy atom. The van der Waals surface area contributed by atoms with Crippen molar-refractivity contribution in [2.24, 2.45) is 0 Å². The number of quaternary nitrogens is 1. The molecular weight excluding hydrogens is 582 g/mol. The van der Waals surface area contributed by atoms with Crippen LogP contribution < -0.4 is 9.47 Å². The minimum absolute atomic E-state index is 0.195. The highest BCUT2D eigenvalue weighted by molar-refractivity contribution is 5.96. The molecule has 8 heteroatoms. The SMILES string of the molecule is CCCCCCCCCCOc1ccc(Oc2ccc(C(=O)OC(=O)[N+]3(C(=O)OCCCCCCCC)CCCCC3)cc2)cc1. The lowest BCUT2D eigenvalue weighted by atomic mass is 10.1. The predicted molar refractivity (Wildman–Crippen MR) is 180 cm³/mol. The number of amides is 2. The lowest BCUT2D eigenvalue weighted by molar-refractivity contribution is -0.790. The van der Waals surface area contributed by atoms with Crippen LogP contribution in [0.2, 0.25) is 0 Å². The van der Waals surface area contributed by atoms with E-state index in [2.05, 4.69) is 13.8 Å². The molecule has 0 saturated carbocycles. The van der Waals surface area contributed by atoms with Gasteiger partial charge in [-0.05, 0) is 80.6 Å². The topological polar surface area (TPSA) is 88.1 Å². The maximum Gasteiger partial charge on any atom is 0.534 e. The summed E-state index contributed by atoms with van der Waals surface area (Å²) in [5.74, 6) is 1.18. The van der Waals surface area contributed by atoms with E-state index in [0.717, 1.165) is 37.9 Å². The van der Waals surface area contributed by atoms with E-state index in [1.54, 1.807) is 24.3 Å². The number of imide groups is 1. The van der Waals surface area contributed by atoms with Crippen molar-refractivity contribution < 1.29 is 37.8 Å². The Morgan fingerprint density at radius 1 is 0.565 bits per heavy atom. The zero-order valence-electron chi connectivity index (χ0n) is 28.3. The first-order chi connectivity index (χ1) is 22.5. The van der Waals surface area contributed by atoms with Gasteiger partial charge in [0.15, 0.2) is 0 Å². The lowest BCUT2D eigenvalue weighted by Crippen LogP contribution is -2.60. The number of hydrogen-bond acceptors (Lipinski definition) is 7. The maximum atomic E-state index is 13.2. The summed E-state index contributed by atoms with van der Waals surface area (Å²) < 4.78 is 22.0. The fourth-order valence-electron chi connectivity index (χ4n) is 5.71. The van der Waals surface area contributed by atoms with E-state index in [-0.39, 0.29) is 25.3 Å². The molecule has 1 aliphatic heterocycles. The van der Waals surface area contributed by atoms with Crippen LogP contribution in [-0.4, -0.2) is 48.9 Å². The molecule has 254 valence electrons. The summed E-state index contributed by atoms with van der Waals surface area (Å²) in [5.41, 5.74) is 0.195. The maximum absolute atomic E-state index is 13.2. The van der Waals surface area contributed by atoms with Crippen LogP contribution in [0, 0.1) is 0 Å². The van der Waals surface area contributed by atoms with E-state index in [4.69, 9.17) is 18.9 Å². The van der Waals surface area contributed by atoms with Gasteiger partial charge in [0, 0.05) is 0 Å². The summed E-state index contributed by atoms with van der Waals surface area (Å²) in [6.07, 6.45) is 17.3. The highest BCUT2D eigenvalue weighted by Gasteiger charge is 2.50. The third kappa shape index (κ3) is 12.8. The number of carbonyl (C=O) groups is 3. The molecule has 0 aromatic heterocycles. The van der Waals surface area contributed by atoms with Crippen LogP contribution in [0.3, 0.4) is 0 Å². The predicted octanol–water partition coefficient (Wildman–Crippen LogP) is 10.8. The molecule has 3 rings (SSSR count). The monoisotopic (exact) mass is 638 g/mol. The highest BCUT2D eigenvalue weighted by atomic mass is 16.6. The second-order valence-corrected chi connectivity index (χ2v) is 12.4. The molecule has 8 nitrogen and oxygen atoms in total. The van der Waals surface area contributed by atoms with Gasteiger partial charge in [-0.15, -0.1) is 4.48 Å². The van der Waals surface area contributed by atoms with Crippen LogP contribution in [-0.2, 0) is 9.47 Å². The summed E-state index contributed by atoms with van der Waals surface area (Å²) in [5, 5.41) is 0. The first-order valence-electron chi connectivity index (χ1n) is 17.8. The average molecular weight is 639 g/mol. The van der Waals surface area contributed by atoms with E-state index in [1.165, 1.54) is 64.2 Å². The van der Waals surface area contributed by atoms with Crippen molar-refractivity contribution in [2.75, 3.05) is 26.3 Å². The quantitative estimate of drug-likeness (QED) is 0.0617. The van der Waals surface area contributed by atoms with Crippen LogP contribution >= 0.6 is 0 Å². The Hall–Kier alpha value is -3.39. The molecule has 0 radical (unpaired) electrons. The van der Waals surface area contributed by atoms with Gasteiger partial charge >= 0.3 is 18.2 Å². The largest absolute Gasteiger partial charge is 0.534 e. The van der Waals surface area contributed by atoms with Crippen molar-refractivity contribution in [2.45, 2.75) is 123 Å². The van der Waals surface area contributed by atoms with Crippen LogP contribution in [0.4, 0.5) is 9.59 Å². The van der Waals surface area contributed by atoms with E-state index < -0.39 is 22.6 Å². The number of rotatable bonds is 20.